The highest BCUT2D eigenvalue weighted by molar-refractivity contribution is 5.76. The van der Waals surface area contributed by atoms with Gasteiger partial charge in [-0.1, -0.05) is 12.1 Å². The zero-order valence-electron chi connectivity index (χ0n) is 12.1. The van der Waals surface area contributed by atoms with Crippen LogP contribution >= 0.6 is 0 Å². The smallest absolute Gasteiger partial charge is 0.221 e. The van der Waals surface area contributed by atoms with Crippen LogP contribution in [0.25, 0.3) is 0 Å². The van der Waals surface area contributed by atoms with Crippen LogP contribution in [0.1, 0.15) is 38.2 Å². The average Bonchev–Trinajstić information content (AvgIpc) is 3.22. The van der Waals surface area contributed by atoms with E-state index in [1.54, 1.807) is 12.1 Å². The third-order valence-corrected chi connectivity index (χ3v) is 3.59. The fourth-order valence-corrected chi connectivity index (χ4v) is 2.11. The van der Waals surface area contributed by atoms with Gasteiger partial charge in [-0.15, -0.1) is 0 Å². The normalized spacial score (nSPS) is 15.8. The Labute approximate surface area is 120 Å². The zero-order valence-corrected chi connectivity index (χ0v) is 12.1. The zero-order chi connectivity index (χ0) is 14.4. The summed E-state index contributed by atoms with van der Waals surface area (Å²) in [5.41, 5.74) is 1.22. The van der Waals surface area contributed by atoms with Crippen molar-refractivity contribution in [2.45, 2.75) is 51.1 Å². The number of benzene rings is 1. The molecule has 1 fully saturated rings. The first kappa shape index (κ1) is 14.9. The second-order valence-corrected chi connectivity index (χ2v) is 5.65. The second kappa shape index (κ2) is 7.29. The summed E-state index contributed by atoms with van der Waals surface area (Å²) in [5, 5.41) is 15.6. The molecule has 1 aromatic rings. The number of phenols is 1. The van der Waals surface area contributed by atoms with Crippen molar-refractivity contribution in [1.29, 1.82) is 0 Å². The van der Waals surface area contributed by atoms with Crippen molar-refractivity contribution in [3.8, 4) is 5.75 Å². The molecule has 20 heavy (non-hydrogen) atoms. The molecule has 1 aromatic carbocycles. The minimum absolute atomic E-state index is 0.158. The van der Waals surface area contributed by atoms with E-state index in [0.29, 0.717) is 24.3 Å². The summed E-state index contributed by atoms with van der Waals surface area (Å²) >= 11 is 0. The lowest BCUT2D eigenvalue weighted by atomic mass is 10.1. The van der Waals surface area contributed by atoms with Crippen LogP contribution in [0.5, 0.6) is 5.75 Å². The van der Waals surface area contributed by atoms with Gasteiger partial charge in [-0.25, -0.2) is 0 Å². The molecule has 4 heteroatoms. The van der Waals surface area contributed by atoms with Gasteiger partial charge in [-0.3, -0.25) is 4.79 Å². The number of phenolic OH excluding ortho intramolecular Hbond substituents is 1. The number of carbonyl (C=O) groups excluding carboxylic acids is 1. The summed E-state index contributed by atoms with van der Waals surface area (Å²) < 4.78 is 0. The lowest BCUT2D eigenvalue weighted by Gasteiger charge is -2.13. The number of hydrogen-bond acceptors (Lipinski definition) is 3. The fraction of sp³-hybridized carbons (Fsp3) is 0.562. The highest BCUT2D eigenvalue weighted by Gasteiger charge is 2.22. The molecule has 0 aromatic heterocycles. The highest BCUT2D eigenvalue weighted by Crippen LogP contribution is 2.18. The molecule has 4 nitrogen and oxygen atoms in total. The molecule has 2 rings (SSSR count). The van der Waals surface area contributed by atoms with Gasteiger partial charge in [-0.05, 0) is 50.3 Å². The first-order valence-corrected chi connectivity index (χ1v) is 7.44. The van der Waals surface area contributed by atoms with Crippen LogP contribution in [-0.2, 0) is 11.2 Å². The predicted molar refractivity (Wildman–Crippen MR) is 79.7 cm³/mol. The maximum atomic E-state index is 11.5. The van der Waals surface area contributed by atoms with Crippen LogP contribution in [0.15, 0.2) is 24.3 Å². The summed E-state index contributed by atoms with van der Waals surface area (Å²) in [6.45, 7) is 2.87. The molecule has 3 N–H and O–H groups in total. The van der Waals surface area contributed by atoms with Crippen molar-refractivity contribution in [1.82, 2.24) is 10.6 Å². The monoisotopic (exact) mass is 276 g/mol. The van der Waals surface area contributed by atoms with Crippen LogP contribution in [0.4, 0.5) is 0 Å². The molecule has 0 bridgehead atoms. The SMILES string of the molecule is CC(CCc1ccc(O)cc1)NCCC(=O)NC1CC1. The predicted octanol–water partition coefficient (Wildman–Crippen LogP) is 1.97. The summed E-state index contributed by atoms with van der Waals surface area (Å²) in [4.78, 5) is 11.5. The molecule has 0 spiro atoms. The number of rotatable bonds is 8. The van der Waals surface area contributed by atoms with Gasteiger partial charge in [-0.2, -0.15) is 0 Å². The molecular formula is C16H24N2O2. The van der Waals surface area contributed by atoms with E-state index in [0.717, 1.165) is 32.2 Å². The molecular weight excluding hydrogens is 252 g/mol. The molecule has 1 saturated carbocycles. The van der Waals surface area contributed by atoms with Crippen molar-refractivity contribution >= 4 is 5.91 Å². The Hall–Kier alpha value is -1.55. The van der Waals surface area contributed by atoms with Gasteiger partial charge in [0, 0.05) is 25.0 Å². The maximum Gasteiger partial charge on any atom is 0.221 e. The van der Waals surface area contributed by atoms with Crippen molar-refractivity contribution in [3.63, 3.8) is 0 Å². The lowest BCUT2D eigenvalue weighted by molar-refractivity contribution is -0.121. The van der Waals surface area contributed by atoms with E-state index in [-0.39, 0.29) is 5.91 Å². The average molecular weight is 276 g/mol. The van der Waals surface area contributed by atoms with E-state index in [4.69, 9.17) is 0 Å². The molecule has 1 atom stereocenters. The van der Waals surface area contributed by atoms with E-state index in [2.05, 4.69) is 17.6 Å². The van der Waals surface area contributed by atoms with E-state index in [9.17, 15) is 9.90 Å². The van der Waals surface area contributed by atoms with Gasteiger partial charge >= 0.3 is 0 Å². The van der Waals surface area contributed by atoms with Gasteiger partial charge in [0.05, 0.1) is 0 Å². The van der Waals surface area contributed by atoms with Gasteiger partial charge in [0.2, 0.25) is 5.91 Å². The van der Waals surface area contributed by atoms with Crippen LogP contribution < -0.4 is 10.6 Å². The molecule has 0 aliphatic heterocycles. The second-order valence-electron chi connectivity index (χ2n) is 5.65. The van der Waals surface area contributed by atoms with Crippen LogP contribution in [0.2, 0.25) is 0 Å². The summed E-state index contributed by atoms with van der Waals surface area (Å²) in [7, 11) is 0. The van der Waals surface area contributed by atoms with Crippen LogP contribution in [-0.4, -0.2) is 29.6 Å². The first-order valence-electron chi connectivity index (χ1n) is 7.44. The molecule has 1 aliphatic carbocycles. The lowest BCUT2D eigenvalue weighted by Crippen LogP contribution is -2.33. The summed E-state index contributed by atoms with van der Waals surface area (Å²) in [5.74, 6) is 0.465. The Bertz CT molecular complexity index is 427. The van der Waals surface area contributed by atoms with Gasteiger partial charge < -0.3 is 15.7 Å². The first-order chi connectivity index (χ1) is 9.63. The van der Waals surface area contributed by atoms with Gasteiger partial charge in [0.1, 0.15) is 5.75 Å². The number of aromatic hydroxyl groups is 1. The Balaban J connectivity index is 1.56. The molecule has 110 valence electrons. The number of nitrogens with one attached hydrogen (secondary N) is 2. The quantitative estimate of drug-likeness (QED) is 0.680. The van der Waals surface area contributed by atoms with Crippen molar-refractivity contribution < 1.29 is 9.90 Å². The molecule has 1 aliphatic rings. The van der Waals surface area contributed by atoms with E-state index in [1.807, 2.05) is 12.1 Å². The van der Waals surface area contributed by atoms with Crippen molar-refractivity contribution in [2.24, 2.45) is 0 Å². The number of aryl methyl sites for hydroxylation is 1. The maximum absolute atomic E-state index is 11.5. The molecule has 0 heterocycles. The number of amides is 1. The highest BCUT2D eigenvalue weighted by atomic mass is 16.3. The Kier molecular flexibility index (Phi) is 5.41. The Morgan fingerprint density at radius 3 is 2.70 bits per heavy atom. The third-order valence-electron chi connectivity index (χ3n) is 3.59. The minimum Gasteiger partial charge on any atom is -0.508 e. The largest absolute Gasteiger partial charge is 0.508 e. The summed E-state index contributed by atoms with van der Waals surface area (Å²) in [6, 6.07) is 8.17. The van der Waals surface area contributed by atoms with Gasteiger partial charge in [0.25, 0.3) is 0 Å². The standard InChI is InChI=1S/C16H24N2O2/c1-12(2-3-13-4-8-15(19)9-5-13)17-11-10-16(20)18-14-6-7-14/h4-5,8-9,12,14,17,19H,2-3,6-7,10-11H2,1H3,(H,18,20). The molecule has 1 unspecified atom stereocenters. The molecule has 1 amide bonds. The third kappa shape index (κ3) is 5.61. The van der Waals surface area contributed by atoms with E-state index in [1.165, 1.54) is 5.56 Å². The topological polar surface area (TPSA) is 61.4 Å². The van der Waals surface area contributed by atoms with E-state index < -0.39 is 0 Å². The van der Waals surface area contributed by atoms with Crippen LogP contribution in [0, 0.1) is 0 Å². The van der Waals surface area contributed by atoms with Crippen LogP contribution in [0.3, 0.4) is 0 Å². The molecule has 0 saturated heterocycles. The van der Waals surface area contributed by atoms with Crippen molar-refractivity contribution in [3.05, 3.63) is 29.8 Å². The number of hydrogen-bond donors (Lipinski definition) is 3. The Morgan fingerprint density at radius 1 is 1.35 bits per heavy atom. The van der Waals surface area contributed by atoms with Gasteiger partial charge in [0.15, 0.2) is 0 Å². The fourth-order valence-electron chi connectivity index (χ4n) is 2.11. The molecule has 0 radical (unpaired) electrons. The van der Waals surface area contributed by atoms with Crippen molar-refractivity contribution in [2.75, 3.05) is 6.54 Å². The van der Waals surface area contributed by atoms with E-state index >= 15 is 0 Å². The Morgan fingerprint density at radius 2 is 2.05 bits per heavy atom. The minimum atomic E-state index is 0.158. The summed E-state index contributed by atoms with van der Waals surface area (Å²) in [6.07, 6.45) is 4.84. The number of carbonyl (C=O) groups is 1.